The topological polar surface area (TPSA) is 59.1 Å². The zero-order chi connectivity index (χ0) is 15.6. The van der Waals surface area contributed by atoms with Crippen molar-refractivity contribution in [1.29, 1.82) is 5.41 Å². The summed E-state index contributed by atoms with van der Waals surface area (Å²) in [4.78, 5) is 0. The molecule has 1 aliphatic carbocycles. The van der Waals surface area contributed by atoms with Crippen LogP contribution in [0, 0.1) is 29.0 Å². The van der Waals surface area contributed by atoms with E-state index in [1.54, 1.807) is 12.1 Å². The van der Waals surface area contributed by atoms with Crippen molar-refractivity contribution < 1.29 is 9.13 Å². The number of benzene rings is 1. The highest BCUT2D eigenvalue weighted by Crippen LogP contribution is 2.36. The molecule has 0 bridgehead atoms. The zero-order valence-corrected chi connectivity index (χ0v) is 13.0. The number of nitrogens with one attached hydrogen (secondary N) is 1. The van der Waals surface area contributed by atoms with Crippen LogP contribution >= 0.6 is 0 Å². The van der Waals surface area contributed by atoms with Crippen molar-refractivity contribution in [2.24, 2.45) is 23.5 Å². The average Bonchev–Trinajstić information content (AvgIpc) is 2.40. The van der Waals surface area contributed by atoms with Crippen molar-refractivity contribution in [2.45, 2.75) is 46.1 Å². The van der Waals surface area contributed by atoms with Crippen LogP contribution in [-0.4, -0.2) is 11.9 Å². The average molecular weight is 292 g/mol. The third kappa shape index (κ3) is 3.74. The van der Waals surface area contributed by atoms with Crippen molar-refractivity contribution >= 4 is 5.84 Å². The largest absolute Gasteiger partial charge is 0.487 e. The summed E-state index contributed by atoms with van der Waals surface area (Å²) in [5.74, 6) is 1.31. The highest BCUT2D eigenvalue weighted by Gasteiger charge is 2.32. The number of nitrogen functional groups attached to an aromatic ring is 1. The van der Waals surface area contributed by atoms with Gasteiger partial charge in [-0.05, 0) is 48.8 Å². The molecule has 4 heteroatoms. The maximum atomic E-state index is 14.1. The van der Waals surface area contributed by atoms with E-state index in [2.05, 4.69) is 20.8 Å². The lowest BCUT2D eigenvalue weighted by Crippen LogP contribution is -2.36. The number of hydrogen-bond donors (Lipinski definition) is 2. The van der Waals surface area contributed by atoms with Gasteiger partial charge in [0.2, 0.25) is 0 Å². The molecule has 21 heavy (non-hydrogen) atoms. The molecule has 3 N–H and O–H groups in total. The molecule has 1 fully saturated rings. The first kappa shape index (κ1) is 15.8. The first-order valence-corrected chi connectivity index (χ1v) is 7.69. The van der Waals surface area contributed by atoms with Gasteiger partial charge in [-0.1, -0.05) is 27.2 Å². The van der Waals surface area contributed by atoms with Crippen LogP contribution < -0.4 is 10.5 Å². The maximum Gasteiger partial charge on any atom is 0.165 e. The quantitative estimate of drug-likeness (QED) is 0.652. The van der Waals surface area contributed by atoms with Crippen LogP contribution in [0.5, 0.6) is 5.75 Å². The minimum Gasteiger partial charge on any atom is -0.487 e. The Hall–Kier alpha value is -1.58. The number of ether oxygens (including phenoxy) is 1. The number of hydrogen-bond acceptors (Lipinski definition) is 2. The second-order valence-electron chi connectivity index (χ2n) is 6.54. The second kappa shape index (κ2) is 6.46. The van der Waals surface area contributed by atoms with E-state index in [1.165, 1.54) is 12.5 Å². The molecular formula is C17H25FN2O. The van der Waals surface area contributed by atoms with Crippen LogP contribution in [0.3, 0.4) is 0 Å². The first-order valence-electron chi connectivity index (χ1n) is 7.69. The highest BCUT2D eigenvalue weighted by molar-refractivity contribution is 5.95. The molecule has 0 spiro atoms. The fourth-order valence-corrected chi connectivity index (χ4v) is 3.18. The van der Waals surface area contributed by atoms with Crippen molar-refractivity contribution in [3.8, 4) is 5.75 Å². The normalized spacial score (nSPS) is 25.9. The summed E-state index contributed by atoms with van der Waals surface area (Å²) in [5.41, 5.74) is 5.76. The first-order chi connectivity index (χ1) is 9.88. The summed E-state index contributed by atoms with van der Waals surface area (Å²) < 4.78 is 20.1. The van der Waals surface area contributed by atoms with Gasteiger partial charge in [-0.3, -0.25) is 5.41 Å². The van der Waals surface area contributed by atoms with Gasteiger partial charge in [0.05, 0.1) is 0 Å². The molecule has 1 aliphatic rings. The lowest BCUT2D eigenvalue weighted by molar-refractivity contribution is 0.0431. The molecule has 0 radical (unpaired) electrons. The molecule has 2 rings (SSSR count). The molecule has 3 nitrogen and oxygen atoms in total. The smallest absolute Gasteiger partial charge is 0.165 e. The van der Waals surface area contributed by atoms with Crippen molar-refractivity contribution in [3.05, 3.63) is 29.6 Å². The summed E-state index contributed by atoms with van der Waals surface area (Å²) in [6.45, 7) is 6.63. The van der Waals surface area contributed by atoms with E-state index < -0.39 is 5.82 Å². The molecule has 116 valence electrons. The molecule has 1 aromatic carbocycles. The predicted molar refractivity (Wildman–Crippen MR) is 83.2 cm³/mol. The van der Waals surface area contributed by atoms with Gasteiger partial charge in [0.25, 0.3) is 0 Å². The Balaban J connectivity index is 2.16. The third-order valence-electron chi connectivity index (χ3n) is 4.48. The van der Waals surface area contributed by atoms with Crippen LogP contribution in [0.2, 0.25) is 0 Å². The van der Waals surface area contributed by atoms with Crippen molar-refractivity contribution in [1.82, 2.24) is 0 Å². The van der Waals surface area contributed by atoms with Crippen LogP contribution in [0.4, 0.5) is 4.39 Å². The monoisotopic (exact) mass is 292 g/mol. The minimum absolute atomic E-state index is 0.0615. The number of halogens is 1. The highest BCUT2D eigenvalue weighted by atomic mass is 19.1. The Labute approximate surface area is 126 Å². The molecule has 0 saturated heterocycles. The van der Waals surface area contributed by atoms with Gasteiger partial charge >= 0.3 is 0 Å². The van der Waals surface area contributed by atoms with E-state index in [0.29, 0.717) is 23.3 Å². The van der Waals surface area contributed by atoms with Gasteiger partial charge in [0, 0.05) is 5.56 Å². The minimum atomic E-state index is -0.441. The van der Waals surface area contributed by atoms with Gasteiger partial charge in [-0.2, -0.15) is 0 Å². The fourth-order valence-electron chi connectivity index (χ4n) is 3.18. The molecule has 1 aromatic rings. The molecule has 3 atom stereocenters. The molecule has 0 aliphatic heterocycles. The summed E-state index contributed by atoms with van der Waals surface area (Å²) >= 11 is 0. The summed E-state index contributed by atoms with van der Waals surface area (Å²) in [7, 11) is 0. The van der Waals surface area contributed by atoms with Crippen LogP contribution in [0.25, 0.3) is 0 Å². The Bertz CT molecular complexity index is 516. The fraction of sp³-hybridized carbons (Fsp3) is 0.588. The molecule has 0 amide bonds. The second-order valence-corrected chi connectivity index (χ2v) is 6.54. The van der Waals surface area contributed by atoms with Gasteiger partial charge < -0.3 is 10.5 Å². The zero-order valence-electron chi connectivity index (χ0n) is 13.0. The molecule has 1 saturated carbocycles. The number of nitrogens with two attached hydrogens (primary N) is 1. The maximum absolute atomic E-state index is 14.1. The molecule has 0 heterocycles. The number of amidine groups is 1. The number of rotatable bonds is 4. The lowest BCUT2D eigenvalue weighted by Gasteiger charge is -2.37. The Morgan fingerprint density at radius 3 is 2.67 bits per heavy atom. The van der Waals surface area contributed by atoms with Gasteiger partial charge in [0.1, 0.15) is 11.9 Å². The van der Waals surface area contributed by atoms with Gasteiger partial charge in [-0.25, -0.2) is 4.39 Å². The molecular weight excluding hydrogens is 267 g/mol. The Morgan fingerprint density at radius 2 is 2.10 bits per heavy atom. The summed E-state index contributed by atoms with van der Waals surface area (Å²) in [6.07, 6.45) is 3.38. The van der Waals surface area contributed by atoms with Crippen LogP contribution in [-0.2, 0) is 0 Å². The Kier molecular flexibility index (Phi) is 4.86. The van der Waals surface area contributed by atoms with E-state index in [-0.39, 0.29) is 17.7 Å². The van der Waals surface area contributed by atoms with Crippen LogP contribution in [0.15, 0.2) is 18.2 Å². The standard InChI is InChI=1S/C17H25FN2O/c1-10(2)13-6-4-11(3)8-16(13)21-15-7-5-12(17(19)20)9-14(15)18/h5,7,9-11,13,16H,4,6,8H2,1-3H3,(H3,19,20). The molecule has 3 unspecified atom stereocenters. The predicted octanol–water partition coefficient (Wildman–Crippen LogP) is 3.95. The summed E-state index contributed by atoms with van der Waals surface area (Å²) in [6, 6.07) is 4.49. The van der Waals surface area contributed by atoms with Gasteiger partial charge in [-0.15, -0.1) is 0 Å². The Morgan fingerprint density at radius 1 is 1.38 bits per heavy atom. The van der Waals surface area contributed by atoms with E-state index in [4.69, 9.17) is 15.9 Å². The third-order valence-corrected chi connectivity index (χ3v) is 4.48. The van der Waals surface area contributed by atoms with E-state index in [0.717, 1.165) is 12.8 Å². The van der Waals surface area contributed by atoms with Crippen molar-refractivity contribution in [2.75, 3.05) is 0 Å². The van der Waals surface area contributed by atoms with Gasteiger partial charge in [0.15, 0.2) is 11.6 Å². The van der Waals surface area contributed by atoms with E-state index >= 15 is 0 Å². The SMILES string of the molecule is CC1CCC(C(C)C)C(Oc2ccc(C(=N)N)cc2F)C1. The van der Waals surface area contributed by atoms with Crippen molar-refractivity contribution in [3.63, 3.8) is 0 Å². The van der Waals surface area contributed by atoms with Crippen LogP contribution in [0.1, 0.15) is 45.6 Å². The van der Waals surface area contributed by atoms with E-state index in [1.807, 2.05) is 0 Å². The summed E-state index contributed by atoms with van der Waals surface area (Å²) in [5, 5.41) is 7.34. The lowest BCUT2D eigenvalue weighted by atomic mass is 9.75. The van der Waals surface area contributed by atoms with E-state index in [9.17, 15) is 4.39 Å². The molecule has 0 aromatic heterocycles.